The smallest absolute Gasteiger partial charge is 0.261 e. The topological polar surface area (TPSA) is 95.6 Å². The van der Waals surface area contributed by atoms with Crippen LogP contribution in [-0.4, -0.2) is 30.9 Å². The van der Waals surface area contributed by atoms with Gasteiger partial charge in [-0.1, -0.05) is 54.6 Å². The number of hydrogen-bond acceptors (Lipinski definition) is 5. The number of benzene rings is 4. The Balaban J connectivity index is 1.23. The second-order valence-electron chi connectivity index (χ2n) is 9.69. The van der Waals surface area contributed by atoms with Crippen molar-refractivity contribution in [3.05, 3.63) is 125 Å². The van der Waals surface area contributed by atoms with Gasteiger partial charge in [0.25, 0.3) is 15.9 Å². The lowest BCUT2D eigenvalue weighted by Gasteiger charge is -2.24. The van der Waals surface area contributed by atoms with Gasteiger partial charge in [0.1, 0.15) is 5.37 Å². The van der Waals surface area contributed by atoms with Crippen LogP contribution in [0.5, 0.6) is 0 Å². The second kappa shape index (κ2) is 11.6. The van der Waals surface area contributed by atoms with Crippen LogP contribution in [0.2, 0.25) is 0 Å². The molecular formula is C31H29N3O4S2. The lowest BCUT2D eigenvalue weighted by atomic mass is 10.1. The minimum Gasteiger partial charge on any atom is -0.322 e. The van der Waals surface area contributed by atoms with Gasteiger partial charge in [-0.3, -0.25) is 14.3 Å². The molecule has 4 aromatic rings. The van der Waals surface area contributed by atoms with Crippen molar-refractivity contribution in [2.24, 2.45) is 0 Å². The van der Waals surface area contributed by atoms with E-state index < -0.39 is 10.0 Å². The first-order valence-corrected chi connectivity index (χ1v) is 15.3. The van der Waals surface area contributed by atoms with Gasteiger partial charge in [-0.2, -0.15) is 0 Å². The minimum absolute atomic E-state index is 0.0929. The summed E-state index contributed by atoms with van der Waals surface area (Å²) in [6, 6.07) is 28.7. The summed E-state index contributed by atoms with van der Waals surface area (Å²) >= 11 is 1.57. The van der Waals surface area contributed by atoms with Gasteiger partial charge in [0, 0.05) is 17.8 Å². The maximum atomic E-state index is 12.9. The average Bonchev–Trinajstić information content (AvgIpc) is 3.31. The zero-order valence-electron chi connectivity index (χ0n) is 22.1. The van der Waals surface area contributed by atoms with Gasteiger partial charge < -0.3 is 10.2 Å². The lowest BCUT2D eigenvalue weighted by Crippen LogP contribution is -2.27. The zero-order chi connectivity index (χ0) is 28.3. The Hall–Kier alpha value is -4.08. The van der Waals surface area contributed by atoms with Crippen LogP contribution in [0, 0.1) is 13.8 Å². The molecule has 1 aliphatic heterocycles. The van der Waals surface area contributed by atoms with Crippen molar-refractivity contribution in [3.8, 4) is 0 Å². The van der Waals surface area contributed by atoms with E-state index in [-0.39, 0.29) is 22.1 Å². The minimum atomic E-state index is -3.78. The fourth-order valence-electron chi connectivity index (χ4n) is 4.45. The summed E-state index contributed by atoms with van der Waals surface area (Å²) in [4.78, 5) is 27.4. The molecule has 0 bridgehead atoms. The standard InChI is InChI=1S/C31H29N3O4S2/c1-21-8-9-22(2)28(18-21)33-40(37,38)27-16-14-26(15-17-27)32-30(36)24-10-12-25(13-11-24)31-34(29(35)20-39-31)19-23-6-4-3-5-7-23/h3-18,31,33H,19-20H2,1-2H3,(H,32,36)/t31-/m0/s1. The van der Waals surface area contributed by atoms with Gasteiger partial charge in [0.05, 0.1) is 16.3 Å². The van der Waals surface area contributed by atoms with E-state index in [2.05, 4.69) is 10.0 Å². The molecule has 1 heterocycles. The molecule has 1 fully saturated rings. The Bertz CT molecular complexity index is 1640. The van der Waals surface area contributed by atoms with Gasteiger partial charge in [-0.05, 0) is 78.6 Å². The molecule has 9 heteroatoms. The molecular weight excluding hydrogens is 542 g/mol. The van der Waals surface area contributed by atoms with E-state index in [1.165, 1.54) is 12.1 Å². The number of thioether (sulfide) groups is 1. The van der Waals surface area contributed by atoms with Gasteiger partial charge in [0.2, 0.25) is 5.91 Å². The van der Waals surface area contributed by atoms with Crippen LogP contribution in [0.1, 0.15) is 38.0 Å². The highest BCUT2D eigenvalue weighted by Gasteiger charge is 2.32. The molecule has 204 valence electrons. The third kappa shape index (κ3) is 6.21. The van der Waals surface area contributed by atoms with E-state index in [4.69, 9.17) is 0 Å². The van der Waals surface area contributed by atoms with Crippen LogP contribution in [0.15, 0.2) is 102 Å². The first-order chi connectivity index (χ1) is 19.2. The maximum absolute atomic E-state index is 12.9. The average molecular weight is 572 g/mol. The molecule has 1 saturated heterocycles. The Morgan fingerprint density at radius 3 is 2.33 bits per heavy atom. The quantitative estimate of drug-likeness (QED) is 0.265. The first-order valence-electron chi connectivity index (χ1n) is 12.8. The third-order valence-electron chi connectivity index (χ3n) is 6.68. The summed E-state index contributed by atoms with van der Waals surface area (Å²) in [7, 11) is -3.78. The second-order valence-corrected chi connectivity index (χ2v) is 12.4. The molecule has 0 spiro atoms. The molecule has 0 saturated carbocycles. The number of carbonyl (C=O) groups is 2. The molecule has 0 radical (unpaired) electrons. The summed E-state index contributed by atoms with van der Waals surface area (Å²) in [6.45, 7) is 4.28. The molecule has 0 unspecified atom stereocenters. The van der Waals surface area contributed by atoms with E-state index in [1.54, 1.807) is 42.1 Å². The van der Waals surface area contributed by atoms with Crippen molar-refractivity contribution >= 4 is 45.0 Å². The number of rotatable bonds is 8. The SMILES string of the molecule is Cc1ccc(C)c(NS(=O)(=O)c2ccc(NC(=O)c3ccc([C@@H]4SCC(=O)N4Cc4ccccc4)cc3)cc2)c1. The zero-order valence-corrected chi connectivity index (χ0v) is 23.8. The van der Waals surface area contributed by atoms with E-state index >= 15 is 0 Å². The van der Waals surface area contributed by atoms with E-state index in [0.29, 0.717) is 29.2 Å². The molecule has 7 nitrogen and oxygen atoms in total. The van der Waals surface area contributed by atoms with E-state index in [9.17, 15) is 18.0 Å². The summed E-state index contributed by atoms with van der Waals surface area (Å²) < 4.78 is 28.4. The predicted octanol–water partition coefficient (Wildman–Crippen LogP) is 6.13. The van der Waals surface area contributed by atoms with Gasteiger partial charge in [-0.15, -0.1) is 11.8 Å². The molecule has 40 heavy (non-hydrogen) atoms. The molecule has 1 atom stereocenters. The summed E-state index contributed by atoms with van der Waals surface area (Å²) in [5.41, 5.74) is 5.27. The lowest BCUT2D eigenvalue weighted by molar-refractivity contribution is -0.128. The molecule has 1 aliphatic rings. The summed E-state index contributed by atoms with van der Waals surface area (Å²) in [5.74, 6) is 0.202. The largest absolute Gasteiger partial charge is 0.322 e. The highest BCUT2D eigenvalue weighted by atomic mass is 32.2. The van der Waals surface area contributed by atoms with Crippen LogP contribution >= 0.6 is 11.8 Å². The number of hydrogen-bond donors (Lipinski definition) is 2. The van der Waals surface area contributed by atoms with Crippen molar-refractivity contribution in [2.75, 3.05) is 15.8 Å². The number of sulfonamides is 1. The number of carbonyl (C=O) groups excluding carboxylic acids is 2. The van der Waals surface area contributed by atoms with Crippen molar-refractivity contribution in [3.63, 3.8) is 0 Å². The van der Waals surface area contributed by atoms with Gasteiger partial charge in [0.15, 0.2) is 0 Å². The molecule has 2 N–H and O–H groups in total. The first kappa shape index (κ1) is 27.5. The molecule has 0 aliphatic carbocycles. The third-order valence-corrected chi connectivity index (χ3v) is 9.32. The number of nitrogens with one attached hydrogen (secondary N) is 2. The normalized spacial score (nSPS) is 15.2. The number of aryl methyl sites for hydroxylation is 2. The summed E-state index contributed by atoms with van der Waals surface area (Å²) in [6.07, 6.45) is 0. The highest BCUT2D eigenvalue weighted by Crippen LogP contribution is 2.39. The maximum Gasteiger partial charge on any atom is 0.261 e. The van der Waals surface area contributed by atoms with Crippen LogP contribution in [0.3, 0.4) is 0 Å². The fraction of sp³-hybridized carbons (Fsp3) is 0.161. The van der Waals surface area contributed by atoms with Crippen LogP contribution < -0.4 is 10.0 Å². The van der Waals surface area contributed by atoms with Crippen molar-refractivity contribution < 1.29 is 18.0 Å². The molecule has 0 aromatic heterocycles. The number of nitrogens with zero attached hydrogens (tertiary/aromatic N) is 1. The highest BCUT2D eigenvalue weighted by molar-refractivity contribution is 8.00. The Labute approximate surface area is 238 Å². The fourth-order valence-corrected chi connectivity index (χ4v) is 6.76. The van der Waals surface area contributed by atoms with Crippen molar-refractivity contribution in [1.82, 2.24) is 4.90 Å². The van der Waals surface area contributed by atoms with E-state index in [0.717, 1.165) is 22.3 Å². The molecule has 2 amide bonds. The molecule has 4 aromatic carbocycles. The van der Waals surface area contributed by atoms with Crippen LogP contribution in [-0.2, 0) is 21.4 Å². The van der Waals surface area contributed by atoms with Crippen LogP contribution in [0.4, 0.5) is 11.4 Å². The predicted molar refractivity (Wildman–Crippen MR) is 160 cm³/mol. The Morgan fingerprint density at radius 1 is 0.925 bits per heavy atom. The van der Waals surface area contributed by atoms with Crippen molar-refractivity contribution in [1.29, 1.82) is 0 Å². The van der Waals surface area contributed by atoms with E-state index in [1.807, 2.05) is 73.3 Å². The summed E-state index contributed by atoms with van der Waals surface area (Å²) in [5, 5.41) is 2.70. The number of anilines is 2. The monoisotopic (exact) mass is 571 g/mol. The Morgan fingerprint density at radius 2 is 1.62 bits per heavy atom. The van der Waals surface area contributed by atoms with Crippen LogP contribution in [0.25, 0.3) is 0 Å². The number of amides is 2. The van der Waals surface area contributed by atoms with Gasteiger partial charge >= 0.3 is 0 Å². The van der Waals surface area contributed by atoms with Gasteiger partial charge in [-0.25, -0.2) is 8.42 Å². The van der Waals surface area contributed by atoms with Crippen molar-refractivity contribution in [2.45, 2.75) is 30.7 Å². The molecule has 5 rings (SSSR count). The Kier molecular flexibility index (Phi) is 7.95.